The summed E-state index contributed by atoms with van der Waals surface area (Å²) in [7, 11) is 1.38. The first kappa shape index (κ1) is 20.7. The molecule has 1 amide bonds. The second kappa shape index (κ2) is 8.63. The summed E-state index contributed by atoms with van der Waals surface area (Å²) in [6.07, 6.45) is 2.84. The molecule has 31 heavy (non-hydrogen) atoms. The van der Waals surface area contributed by atoms with E-state index in [9.17, 15) is 9.59 Å². The van der Waals surface area contributed by atoms with Crippen LogP contribution in [0.15, 0.2) is 61.0 Å². The van der Waals surface area contributed by atoms with E-state index in [-0.39, 0.29) is 18.1 Å². The van der Waals surface area contributed by atoms with Gasteiger partial charge in [-0.3, -0.25) is 4.68 Å². The number of aromatic nitrogens is 2. The Bertz CT molecular complexity index is 1130. The van der Waals surface area contributed by atoms with E-state index in [0.717, 1.165) is 34.9 Å². The Morgan fingerprint density at radius 3 is 2.45 bits per heavy atom. The lowest BCUT2D eigenvalue weighted by Gasteiger charge is -2.31. The number of nitrogens with zero attached hydrogens (tertiary/aromatic N) is 3. The zero-order chi connectivity index (χ0) is 22.0. The molecule has 0 radical (unpaired) electrons. The van der Waals surface area contributed by atoms with Crippen LogP contribution in [0.1, 0.15) is 36.2 Å². The lowest BCUT2D eigenvalue weighted by molar-refractivity contribution is 0.0603. The van der Waals surface area contributed by atoms with Gasteiger partial charge < -0.3 is 14.4 Å². The van der Waals surface area contributed by atoms with Crippen LogP contribution in [0, 0.1) is 0 Å². The first-order valence-corrected chi connectivity index (χ1v) is 10.2. The Balaban J connectivity index is 1.67. The van der Waals surface area contributed by atoms with Gasteiger partial charge >= 0.3 is 12.1 Å². The largest absolute Gasteiger partial charge is 0.465 e. The van der Waals surface area contributed by atoms with Gasteiger partial charge in [0, 0.05) is 18.5 Å². The van der Waals surface area contributed by atoms with Crippen molar-refractivity contribution in [1.29, 1.82) is 0 Å². The van der Waals surface area contributed by atoms with Crippen LogP contribution in [-0.2, 0) is 9.47 Å². The second-order valence-corrected chi connectivity index (χ2v) is 7.69. The normalized spacial score (nSPS) is 14.5. The quantitative estimate of drug-likeness (QED) is 0.449. The van der Waals surface area contributed by atoms with E-state index in [1.165, 1.54) is 7.11 Å². The summed E-state index contributed by atoms with van der Waals surface area (Å²) in [6, 6.07) is 13.9. The van der Waals surface area contributed by atoms with Crippen LogP contribution in [0.5, 0.6) is 0 Å². The Kier molecular flexibility index (Phi) is 5.75. The maximum atomic E-state index is 12.5. The third-order valence-electron chi connectivity index (χ3n) is 5.56. The molecule has 4 rings (SSSR count). The predicted octanol–water partition coefficient (Wildman–Crippen LogP) is 4.80. The van der Waals surface area contributed by atoms with Crippen LogP contribution in [0.25, 0.3) is 22.0 Å². The van der Waals surface area contributed by atoms with Gasteiger partial charge in [-0.05, 0) is 43.0 Å². The van der Waals surface area contributed by atoms with E-state index in [1.54, 1.807) is 18.0 Å². The van der Waals surface area contributed by atoms with Gasteiger partial charge in [-0.15, -0.1) is 0 Å². The van der Waals surface area contributed by atoms with E-state index in [2.05, 4.69) is 17.7 Å². The van der Waals surface area contributed by atoms with E-state index in [1.807, 2.05) is 41.1 Å². The fourth-order valence-electron chi connectivity index (χ4n) is 4.02. The predicted molar refractivity (Wildman–Crippen MR) is 118 cm³/mol. The van der Waals surface area contributed by atoms with Crippen molar-refractivity contribution in [2.24, 2.45) is 0 Å². The van der Waals surface area contributed by atoms with Gasteiger partial charge in [-0.2, -0.15) is 5.10 Å². The highest BCUT2D eigenvalue weighted by Crippen LogP contribution is 2.32. The molecule has 3 aromatic rings. The van der Waals surface area contributed by atoms with E-state index in [0.29, 0.717) is 24.4 Å². The molecule has 2 aromatic carbocycles. The molecule has 0 atom stereocenters. The topological polar surface area (TPSA) is 73.7 Å². The maximum Gasteiger partial charge on any atom is 0.414 e. The zero-order valence-corrected chi connectivity index (χ0v) is 17.7. The first-order valence-electron chi connectivity index (χ1n) is 10.2. The molecule has 0 N–H and O–H groups in total. The minimum absolute atomic E-state index is 0.114. The number of esters is 1. The lowest BCUT2D eigenvalue weighted by atomic mass is 9.99. The number of benzene rings is 2. The standard InChI is InChI=1S/C24H25N3O4/c1-16(2)31-24(29)26-11-9-19(10-12-26)27-22-14-18(17-7-5-4-6-8-17)13-20(23(28)30-3)21(22)15-25-27/h4-8,13-15,19H,1,9-12H2,2-3H3. The number of fused-ring (bicyclic) bond motifs is 1. The molecule has 1 aliphatic heterocycles. The summed E-state index contributed by atoms with van der Waals surface area (Å²) in [5.41, 5.74) is 3.31. The number of methoxy groups -OCH3 is 1. The number of hydrogen-bond donors (Lipinski definition) is 0. The third-order valence-corrected chi connectivity index (χ3v) is 5.56. The van der Waals surface area contributed by atoms with Crippen molar-refractivity contribution in [2.75, 3.05) is 20.2 Å². The van der Waals surface area contributed by atoms with Gasteiger partial charge in [0.15, 0.2) is 0 Å². The van der Waals surface area contributed by atoms with Gasteiger partial charge in [0.2, 0.25) is 0 Å². The van der Waals surface area contributed by atoms with Gasteiger partial charge in [-0.25, -0.2) is 9.59 Å². The van der Waals surface area contributed by atoms with Crippen LogP contribution >= 0.6 is 0 Å². The van der Waals surface area contributed by atoms with E-state index < -0.39 is 0 Å². The van der Waals surface area contributed by atoms with Gasteiger partial charge in [-0.1, -0.05) is 36.9 Å². The number of hydrogen-bond acceptors (Lipinski definition) is 5. The molecule has 0 bridgehead atoms. The monoisotopic (exact) mass is 419 g/mol. The fraction of sp³-hybridized carbons (Fsp3) is 0.292. The average Bonchev–Trinajstić information content (AvgIpc) is 3.22. The Labute approximate surface area is 180 Å². The van der Waals surface area contributed by atoms with Crippen LogP contribution < -0.4 is 0 Å². The lowest BCUT2D eigenvalue weighted by Crippen LogP contribution is -2.39. The van der Waals surface area contributed by atoms with Gasteiger partial charge in [0.1, 0.15) is 0 Å². The summed E-state index contributed by atoms with van der Waals surface area (Å²) in [5.74, 6) is -0.00587. The number of allylic oxidation sites excluding steroid dienone is 1. The third kappa shape index (κ3) is 4.17. The van der Waals surface area contributed by atoms with Crippen molar-refractivity contribution < 1.29 is 19.1 Å². The minimum Gasteiger partial charge on any atom is -0.465 e. The number of likely N-dealkylation sites (tertiary alicyclic amines) is 1. The highest BCUT2D eigenvalue weighted by atomic mass is 16.6. The molecule has 1 fully saturated rings. The summed E-state index contributed by atoms with van der Waals surface area (Å²) in [6.45, 7) is 6.42. The van der Waals surface area contributed by atoms with Crippen molar-refractivity contribution in [3.63, 3.8) is 0 Å². The highest BCUT2D eigenvalue weighted by molar-refractivity contribution is 6.05. The molecular formula is C24H25N3O4. The molecule has 1 aliphatic rings. The molecule has 7 heteroatoms. The Morgan fingerprint density at radius 1 is 1.10 bits per heavy atom. The SMILES string of the molecule is C=C(C)OC(=O)N1CCC(n2ncc3c(C(=O)OC)cc(-c4ccccc4)cc32)CC1. The smallest absolute Gasteiger partial charge is 0.414 e. The summed E-state index contributed by atoms with van der Waals surface area (Å²) < 4.78 is 12.1. The van der Waals surface area contributed by atoms with Crippen molar-refractivity contribution in [3.8, 4) is 11.1 Å². The highest BCUT2D eigenvalue weighted by Gasteiger charge is 2.27. The van der Waals surface area contributed by atoms with Gasteiger partial charge in [0.25, 0.3) is 0 Å². The molecule has 1 aromatic heterocycles. The first-order chi connectivity index (χ1) is 15.0. The van der Waals surface area contributed by atoms with E-state index >= 15 is 0 Å². The summed E-state index contributed by atoms with van der Waals surface area (Å²) in [4.78, 5) is 26.3. The van der Waals surface area contributed by atoms with Crippen molar-refractivity contribution >= 4 is 23.0 Å². The Morgan fingerprint density at radius 2 is 1.81 bits per heavy atom. The number of carbonyl (C=O) groups excluding carboxylic acids is 2. The molecule has 1 saturated heterocycles. The maximum absolute atomic E-state index is 12.5. The Hall–Kier alpha value is -3.61. The fourth-order valence-corrected chi connectivity index (χ4v) is 4.02. The van der Waals surface area contributed by atoms with Crippen LogP contribution in [0.2, 0.25) is 0 Å². The second-order valence-electron chi connectivity index (χ2n) is 7.69. The molecular weight excluding hydrogens is 394 g/mol. The number of ether oxygens (including phenoxy) is 2. The number of amides is 1. The number of carbonyl (C=O) groups is 2. The zero-order valence-electron chi connectivity index (χ0n) is 17.7. The van der Waals surface area contributed by atoms with Crippen LogP contribution in [0.4, 0.5) is 4.79 Å². The molecule has 160 valence electrons. The van der Waals surface area contributed by atoms with E-state index in [4.69, 9.17) is 9.47 Å². The summed E-state index contributed by atoms with van der Waals surface area (Å²) >= 11 is 0. The van der Waals surface area contributed by atoms with Gasteiger partial charge in [0.05, 0.1) is 36.2 Å². The van der Waals surface area contributed by atoms with Crippen molar-refractivity contribution in [1.82, 2.24) is 14.7 Å². The molecule has 0 spiro atoms. The van der Waals surface area contributed by atoms with Crippen LogP contribution in [0.3, 0.4) is 0 Å². The minimum atomic E-state index is -0.389. The van der Waals surface area contributed by atoms with Crippen LogP contribution in [-0.4, -0.2) is 46.9 Å². The average molecular weight is 419 g/mol. The summed E-state index contributed by atoms with van der Waals surface area (Å²) in [5, 5.41) is 5.37. The number of piperidine rings is 1. The molecule has 2 heterocycles. The van der Waals surface area contributed by atoms with Crippen molar-refractivity contribution in [3.05, 3.63) is 66.6 Å². The molecule has 0 unspecified atom stereocenters. The van der Waals surface area contributed by atoms with Crippen molar-refractivity contribution in [2.45, 2.75) is 25.8 Å². The number of rotatable bonds is 4. The molecule has 0 saturated carbocycles. The molecule has 0 aliphatic carbocycles. The molecule has 7 nitrogen and oxygen atoms in total.